The van der Waals surface area contributed by atoms with Crippen molar-refractivity contribution in [2.75, 3.05) is 6.54 Å². The number of hydrogen-bond acceptors (Lipinski definition) is 4. The highest BCUT2D eigenvalue weighted by molar-refractivity contribution is 5.19. The van der Waals surface area contributed by atoms with Gasteiger partial charge in [-0.3, -0.25) is 4.90 Å². The third-order valence-corrected chi connectivity index (χ3v) is 5.06. The van der Waals surface area contributed by atoms with Crippen LogP contribution in [0.5, 0.6) is 0 Å². The minimum absolute atomic E-state index is 0.387. The Morgan fingerprint density at radius 3 is 2.82 bits per heavy atom. The summed E-state index contributed by atoms with van der Waals surface area (Å²) in [5, 5.41) is 0. The second kappa shape index (κ2) is 5.54. The van der Waals surface area contributed by atoms with Crippen LogP contribution in [-0.2, 0) is 19.4 Å². The molecule has 3 heterocycles. The molecule has 0 bridgehead atoms. The lowest BCUT2D eigenvalue weighted by Crippen LogP contribution is -2.23. The van der Waals surface area contributed by atoms with Crippen molar-refractivity contribution in [1.29, 1.82) is 0 Å². The average Bonchev–Trinajstić information content (AvgIpc) is 3.18. The van der Waals surface area contributed by atoms with Crippen molar-refractivity contribution in [2.24, 2.45) is 0 Å². The Labute approximate surface area is 131 Å². The lowest BCUT2D eigenvalue weighted by Gasteiger charge is -2.21. The van der Waals surface area contributed by atoms with Crippen LogP contribution < -0.4 is 0 Å². The molecule has 4 rings (SSSR count). The van der Waals surface area contributed by atoms with Gasteiger partial charge in [-0.25, -0.2) is 9.97 Å². The van der Waals surface area contributed by atoms with Crippen molar-refractivity contribution in [3.63, 3.8) is 0 Å². The van der Waals surface area contributed by atoms with Gasteiger partial charge in [0.2, 0.25) is 5.89 Å². The third kappa shape index (κ3) is 2.47. The van der Waals surface area contributed by atoms with Gasteiger partial charge in [0.15, 0.2) is 0 Å². The fourth-order valence-corrected chi connectivity index (χ4v) is 3.74. The summed E-state index contributed by atoms with van der Waals surface area (Å²) in [6.07, 6.45) is 7.25. The number of aryl methyl sites for hydroxylation is 4. The Morgan fingerprint density at radius 1 is 1.18 bits per heavy atom. The Morgan fingerprint density at radius 2 is 2.05 bits per heavy atom. The first kappa shape index (κ1) is 14.0. The van der Waals surface area contributed by atoms with Gasteiger partial charge in [-0.05, 0) is 58.9 Å². The van der Waals surface area contributed by atoms with Crippen LogP contribution in [0.15, 0.2) is 4.42 Å². The molecule has 0 radical (unpaired) electrons. The molecule has 1 aliphatic heterocycles. The van der Waals surface area contributed by atoms with Crippen LogP contribution in [0.1, 0.15) is 66.3 Å². The maximum absolute atomic E-state index is 5.76. The summed E-state index contributed by atoms with van der Waals surface area (Å²) in [6.45, 7) is 5.86. The second-order valence-corrected chi connectivity index (χ2v) is 6.63. The van der Waals surface area contributed by atoms with Gasteiger partial charge >= 0.3 is 0 Å². The highest BCUT2D eigenvalue weighted by Gasteiger charge is 2.30. The maximum Gasteiger partial charge on any atom is 0.208 e. The molecule has 1 fully saturated rings. The quantitative estimate of drug-likeness (QED) is 0.945. The van der Waals surface area contributed by atoms with E-state index in [0.29, 0.717) is 6.04 Å². The van der Waals surface area contributed by atoms with E-state index in [0.717, 1.165) is 49.1 Å². The molecular weight excluding hydrogens is 276 g/mol. The smallest absolute Gasteiger partial charge is 0.208 e. The van der Waals surface area contributed by atoms with Gasteiger partial charge in [0.1, 0.15) is 11.6 Å². The zero-order valence-corrected chi connectivity index (χ0v) is 13.5. The number of aromatic nitrogens is 3. The number of aromatic amines is 1. The largest absolute Gasteiger partial charge is 0.444 e. The molecule has 22 heavy (non-hydrogen) atoms. The molecular formula is C17H24N4O. The second-order valence-electron chi connectivity index (χ2n) is 6.63. The van der Waals surface area contributed by atoms with Crippen molar-refractivity contribution in [3.8, 4) is 0 Å². The lowest BCUT2D eigenvalue weighted by atomic mass is 10.0. The third-order valence-electron chi connectivity index (χ3n) is 5.06. The van der Waals surface area contributed by atoms with Gasteiger partial charge < -0.3 is 9.40 Å². The van der Waals surface area contributed by atoms with Crippen molar-refractivity contribution >= 4 is 0 Å². The Bertz CT molecular complexity index is 629. The Hall–Kier alpha value is -1.62. The minimum atomic E-state index is 0.387. The van der Waals surface area contributed by atoms with E-state index in [1.807, 2.05) is 13.8 Å². The van der Waals surface area contributed by atoms with Crippen LogP contribution in [0.4, 0.5) is 0 Å². The number of H-pyrrole nitrogens is 1. The fraction of sp³-hybridized carbons (Fsp3) is 0.647. The molecule has 2 aromatic rings. The lowest BCUT2D eigenvalue weighted by molar-refractivity contribution is 0.215. The molecule has 1 saturated heterocycles. The fourth-order valence-electron chi connectivity index (χ4n) is 3.74. The first-order valence-corrected chi connectivity index (χ1v) is 8.45. The topological polar surface area (TPSA) is 58.0 Å². The van der Waals surface area contributed by atoms with Gasteiger partial charge in [-0.1, -0.05) is 0 Å². The number of fused-ring (bicyclic) bond motifs is 1. The molecule has 5 heteroatoms. The number of likely N-dealkylation sites (tertiary alicyclic amines) is 1. The van der Waals surface area contributed by atoms with E-state index in [9.17, 15) is 0 Å². The first-order chi connectivity index (χ1) is 10.7. The van der Waals surface area contributed by atoms with E-state index in [-0.39, 0.29) is 0 Å². The number of imidazole rings is 1. The van der Waals surface area contributed by atoms with Gasteiger partial charge in [0, 0.05) is 5.69 Å². The number of oxazole rings is 1. The molecule has 118 valence electrons. The summed E-state index contributed by atoms with van der Waals surface area (Å²) < 4.78 is 5.76. The van der Waals surface area contributed by atoms with Crippen molar-refractivity contribution < 1.29 is 4.42 Å². The molecule has 1 N–H and O–H groups in total. The highest BCUT2D eigenvalue weighted by Crippen LogP contribution is 2.33. The van der Waals surface area contributed by atoms with E-state index in [1.165, 1.54) is 37.1 Å². The van der Waals surface area contributed by atoms with Crippen molar-refractivity contribution in [2.45, 2.75) is 65.0 Å². The number of nitrogens with one attached hydrogen (secondary N) is 1. The minimum Gasteiger partial charge on any atom is -0.444 e. The van der Waals surface area contributed by atoms with Crippen LogP contribution in [-0.4, -0.2) is 26.4 Å². The number of hydrogen-bond donors (Lipinski definition) is 1. The average molecular weight is 300 g/mol. The van der Waals surface area contributed by atoms with Gasteiger partial charge in [-0.15, -0.1) is 0 Å². The predicted molar refractivity (Wildman–Crippen MR) is 83.6 cm³/mol. The normalized spacial score (nSPS) is 22.2. The summed E-state index contributed by atoms with van der Waals surface area (Å²) in [6, 6.07) is 0.387. The zero-order valence-electron chi connectivity index (χ0n) is 13.5. The highest BCUT2D eigenvalue weighted by atomic mass is 16.4. The summed E-state index contributed by atoms with van der Waals surface area (Å²) in [4.78, 5) is 15.5. The first-order valence-electron chi connectivity index (χ1n) is 8.45. The maximum atomic E-state index is 5.76. The molecule has 0 amide bonds. The van der Waals surface area contributed by atoms with E-state index >= 15 is 0 Å². The molecule has 0 unspecified atom stereocenters. The molecule has 2 aromatic heterocycles. The standard InChI is InChI=1S/C17H24N4O/c1-11-12(2)22-16(18-11)10-21-9-5-8-15(21)17-19-13-6-3-4-7-14(13)20-17/h15H,3-10H2,1-2H3,(H,19,20)/t15-/m0/s1. The summed E-state index contributed by atoms with van der Waals surface area (Å²) in [5.41, 5.74) is 3.67. The molecule has 2 aliphatic rings. The van der Waals surface area contributed by atoms with Crippen molar-refractivity contribution in [3.05, 3.63) is 34.6 Å². The Balaban J connectivity index is 1.54. The van der Waals surface area contributed by atoms with Crippen molar-refractivity contribution in [1.82, 2.24) is 19.9 Å². The Kier molecular flexibility index (Phi) is 3.53. The van der Waals surface area contributed by atoms with Gasteiger partial charge in [-0.2, -0.15) is 0 Å². The molecule has 0 spiro atoms. The number of nitrogens with zero attached hydrogens (tertiary/aromatic N) is 3. The van der Waals surface area contributed by atoms with E-state index in [2.05, 4.69) is 14.9 Å². The monoisotopic (exact) mass is 300 g/mol. The van der Waals surface area contributed by atoms with E-state index < -0.39 is 0 Å². The van der Waals surface area contributed by atoms with E-state index in [1.54, 1.807) is 0 Å². The zero-order chi connectivity index (χ0) is 15.1. The summed E-state index contributed by atoms with van der Waals surface area (Å²) >= 11 is 0. The molecule has 1 atom stereocenters. The van der Waals surface area contributed by atoms with Gasteiger partial charge in [0.25, 0.3) is 0 Å². The summed E-state index contributed by atoms with van der Waals surface area (Å²) in [5.74, 6) is 2.92. The molecule has 0 saturated carbocycles. The molecule has 1 aliphatic carbocycles. The van der Waals surface area contributed by atoms with Gasteiger partial charge in [0.05, 0.1) is 24.0 Å². The van der Waals surface area contributed by atoms with Crippen LogP contribution in [0, 0.1) is 13.8 Å². The van der Waals surface area contributed by atoms with Crippen LogP contribution >= 0.6 is 0 Å². The van der Waals surface area contributed by atoms with Crippen LogP contribution in [0.3, 0.4) is 0 Å². The predicted octanol–water partition coefficient (Wildman–Crippen LogP) is 3.23. The van der Waals surface area contributed by atoms with Crippen LogP contribution in [0.2, 0.25) is 0 Å². The number of rotatable bonds is 3. The SMILES string of the molecule is Cc1nc(CN2CCC[C@H]2c2nc3c([nH]2)CCCC3)oc1C. The summed E-state index contributed by atoms with van der Waals surface area (Å²) in [7, 11) is 0. The van der Waals surface area contributed by atoms with Crippen LogP contribution in [0.25, 0.3) is 0 Å². The molecule has 5 nitrogen and oxygen atoms in total. The molecule has 0 aromatic carbocycles. The van der Waals surface area contributed by atoms with E-state index in [4.69, 9.17) is 9.40 Å².